The minimum atomic E-state index is -0.0110. The third kappa shape index (κ3) is 2.01. The summed E-state index contributed by atoms with van der Waals surface area (Å²) in [6.07, 6.45) is 5.69. The summed E-state index contributed by atoms with van der Waals surface area (Å²) in [5.41, 5.74) is -0.0110. The Morgan fingerprint density at radius 3 is 3.14 bits per heavy atom. The van der Waals surface area contributed by atoms with Crippen LogP contribution in [0.15, 0.2) is 23.4 Å². The zero-order valence-electron chi connectivity index (χ0n) is 8.22. The maximum absolute atomic E-state index is 11.4. The van der Waals surface area contributed by atoms with Crippen LogP contribution in [-0.2, 0) is 11.3 Å². The lowest BCUT2D eigenvalue weighted by atomic mass is 10.2. The first kappa shape index (κ1) is 9.40. The molecular weight excluding hydrogens is 180 g/mol. The molecule has 1 aliphatic heterocycles. The van der Waals surface area contributed by atoms with E-state index in [2.05, 4.69) is 11.9 Å². The first-order valence-electron chi connectivity index (χ1n) is 4.91. The molecule has 1 aliphatic rings. The number of ether oxygens (including phenoxy) is 1. The first-order chi connectivity index (χ1) is 6.75. The zero-order valence-corrected chi connectivity index (χ0v) is 8.22. The molecule has 1 fully saturated rings. The van der Waals surface area contributed by atoms with Crippen molar-refractivity contribution in [2.45, 2.75) is 38.5 Å². The summed E-state index contributed by atoms with van der Waals surface area (Å²) in [7, 11) is 0. The molecule has 14 heavy (non-hydrogen) atoms. The van der Waals surface area contributed by atoms with Gasteiger partial charge in [-0.3, -0.25) is 9.36 Å². The molecule has 0 radical (unpaired) electrons. The van der Waals surface area contributed by atoms with E-state index in [1.807, 2.05) is 0 Å². The van der Waals surface area contributed by atoms with Gasteiger partial charge in [0.15, 0.2) is 0 Å². The lowest BCUT2D eigenvalue weighted by Crippen LogP contribution is -2.26. The lowest BCUT2D eigenvalue weighted by Gasteiger charge is -2.11. The first-order valence-corrected chi connectivity index (χ1v) is 4.91. The van der Waals surface area contributed by atoms with Crippen molar-refractivity contribution in [3.05, 3.63) is 28.9 Å². The van der Waals surface area contributed by atoms with Crippen LogP contribution in [0.5, 0.6) is 0 Å². The van der Waals surface area contributed by atoms with Gasteiger partial charge in [-0.1, -0.05) is 0 Å². The van der Waals surface area contributed by atoms with Gasteiger partial charge in [0, 0.05) is 12.3 Å². The smallest absolute Gasteiger partial charge is 0.253 e. The molecule has 0 saturated carbocycles. The SMILES string of the molecule is CC1CCC(Cn2cnccc2=O)O1. The second-order valence-electron chi connectivity index (χ2n) is 3.72. The molecule has 0 N–H and O–H groups in total. The molecule has 2 unspecified atom stereocenters. The zero-order chi connectivity index (χ0) is 9.97. The number of hydrogen-bond acceptors (Lipinski definition) is 3. The van der Waals surface area contributed by atoms with E-state index in [9.17, 15) is 4.79 Å². The van der Waals surface area contributed by atoms with Gasteiger partial charge < -0.3 is 4.74 Å². The average molecular weight is 194 g/mol. The lowest BCUT2D eigenvalue weighted by molar-refractivity contribution is 0.0450. The van der Waals surface area contributed by atoms with Gasteiger partial charge >= 0.3 is 0 Å². The molecule has 1 aromatic heterocycles. The number of aromatic nitrogens is 2. The molecule has 1 saturated heterocycles. The Morgan fingerprint density at radius 2 is 2.50 bits per heavy atom. The Labute approximate surface area is 82.5 Å². The van der Waals surface area contributed by atoms with Gasteiger partial charge in [0.05, 0.1) is 25.1 Å². The predicted molar refractivity (Wildman–Crippen MR) is 52.1 cm³/mol. The van der Waals surface area contributed by atoms with Crippen LogP contribution in [0.2, 0.25) is 0 Å². The van der Waals surface area contributed by atoms with Crippen LogP contribution < -0.4 is 5.56 Å². The van der Waals surface area contributed by atoms with Gasteiger partial charge in [0.25, 0.3) is 5.56 Å². The van der Waals surface area contributed by atoms with Crippen molar-refractivity contribution < 1.29 is 4.74 Å². The summed E-state index contributed by atoms with van der Waals surface area (Å²) in [5, 5.41) is 0. The highest BCUT2D eigenvalue weighted by Gasteiger charge is 2.21. The molecule has 4 nitrogen and oxygen atoms in total. The van der Waals surface area contributed by atoms with Gasteiger partial charge in [-0.05, 0) is 19.8 Å². The summed E-state index contributed by atoms with van der Waals surface area (Å²) in [6, 6.07) is 1.47. The minimum absolute atomic E-state index is 0.0110. The molecule has 2 heterocycles. The second kappa shape index (κ2) is 3.92. The van der Waals surface area contributed by atoms with E-state index in [4.69, 9.17) is 4.74 Å². The van der Waals surface area contributed by atoms with Gasteiger partial charge in [0.1, 0.15) is 0 Å². The second-order valence-corrected chi connectivity index (χ2v) is 3.72. The normalized spacial score (nSPS) is 26.6. The molecular formula is C10H14N2O2. The van der Waals surface area contributed by atoms with Crippen molar-refractivity contribution in [2.75, 3.05) is 0 Å². The van der Waals surface area contributed by atoms with Crippen molar-refractivity contribution in [2.24, 2.45) is 0 Å². The van der Waals surface area contributed by atoms with E-state index < -0.39 is 0 Å². The monoisotopic (exact) mass is 194 g/mol. The maximum atomic E-state index is 11.4. The van der Waals surface area contributed by atoms with Crippen molar-refractivity contribution in [3.63, 3.8) is 0 Å². The maximum Gasteiger partial charge on any atom is 0.253 e. The largest absolute Gasteiger partial charge is 0.373 e. The van der Waals surface area contributed by atoms with Crippen LogP contribution in [0.4, 0.5) is 0 Å². The Bertz CT molecular complexity index is 361. The quantitative estimate of drug-likeness (QED) is 0.699. The van der Waals surface area contributed by atoms with Gasteiger partial charge in [0.2, 0.25) is 0 Å². The van der Waals surface area contributed by atoms with E-state index in [0.717, 1.165) is 12.8 Å². The molecule has 0 spiro atoms. The van der Waals surface area contributed by atoms with Crippen LogP contribution in [-0.4, -0.2) is 21.8 Å². The molecule has 1 aromatic rings. The Kier molecular flexibility index (Phi) is 2.63. The van der Waals surface area contributed by atoms with Gasteiger partial charge in [-0.25, -0.2) is 4.98 Å². The number of hydrogen-bond donors (Lipinski definition) is 0. The van der Waals surface area contributed by atoms with E-state index in [0.29, 0.717) is 12.6 Å². The van der Waals surface area contributed by atoms with Crippen molar-refractivity contribution in [1.29, 1.82) is 0 Å². The highest BCUT2D eigenvalue weighted by molar-refractivity contribution is 4.83. The molecule has 0 bridgehead atoms. The van der Waals surface area contributed by atoms with Crippen LogP contribution in [0.1, 0.15) is 19.8 Å². The predicted octanol–water partition coefficient (Wildman–Crippen LogP) is 0.811. The Hall–Kier alpha value is -1.16. The molecule has 4 heteroatoms. The minimum Gasteiger partial charge on any atom is -0.373 e. The van der Waals surface area contributed by atoms with Crippen LogP contribution in [0.25, 0.3) is 0 Å². The third-order valence-electron chi connectivity index (χ3n) is 2.51. The summed E-state index contributed by atoms with van der Waals surface area (Å²) >= 11 is 0. The molecule has 2 atom stereocenters. The van der Waals surface area contributed by atoms with Crippen molar-refractivity contribution >= 4 is 0 Å². The number of nitrogens with zero attached hydrogens (tertiary/aromatic N) is 2. The average Bonchev–Trinajstić information content (AvgIpc) is 2.56. The fourth-order valence-corrected chi connectivity index (χ4v) is 1.75. The van der Waals surface area contributed by atoms with E-state index in [-0.39, 0.29) is 11.7 Å². The molecule has 0 aliphatic carbocycles. The topological polar surface area (TPSA) is 44.1 Å². The van der Waals surface area contributed by atoms with Crippen LogP contribution in [0, 0.1) is 0 Å². The summed E-state index contributed by atoms with van der Waals surface area (Å²) in [6.45, 7) is 2.68. The van der Waals surface area contributed by atoms with Crippen LogP contribution in [0.3, 0.4) is 0 Å². The van der Waals surface area contributed by atoms with Gasteiger partial charge in [-0.15, -0.1) is 0 Å². The van der Waals surface area contributed by atoms with Gasteiger partial charge in [-0.2, -0.15) is 0 Å². The summed E-state index contributed by atoms with van der Waals surface area (Å²) < 4.78 is 7.23. The fraction of sp³-hybridized carbons (Fsp3) is 0.600. The summed E-state index contributed by atoms with van der Waals surface area (Å²) in [5.74, 6) is 0. The van der Waals surface area contributed by atoms with E-state index in [1.165, 1.54) is 12.3 Å². The molecule has 0 amide bonds. The Balaban J connectivity index is 2.04. The van der Waals surface area contributed by atoms with Crippen molar-refractivity contribution in [1.82, 2.24) is 9.55 Å². The Morgan fingerprint density at radius 1 is 1.64 bits per heavy atom. The molecule has 76 valence electrons. The standard InChI is InChI=1S/C10H14N2O2/c1-8-2-3-9(14-8)6-12-7-11-5-4-10(12)13/h4-5,7-9H,2-3,6H2,1H3. The fourth-order valence-electron chi connectivity index (χ4n) is 1.75. The third-order valence-corrected chi connectivity index (χ3v) is 2.51. The molecule has 2 rings (SSSR count). The van der Waals surface area contributed by atoms with Crippen molar-refractivity contribution in [3.8, 4) is 0 Å². The highest BCUT2D eigenvalue weighted by Crippen LogP contribution is 2.19. The number of rotatable bonds is 2. The van der Waals surface area contributed by atoms with E-state index in [1.54, 1.807) is 10.9 Å². The highest BCUT2D eigenvalue weighted by atomic mass is 16.5. The van der Waals surface area contributed by atoms with Crippen LogP contribution >= 0.6 is 0 Å². The molecule has 0 aromatic carbocycles. The van der Waals surface area contributed by atoms with E-state index >= 15 is 0 Å². The summed E-state index contributed by atoms with van der Waals surface area (Å²) in [4.78, 5) is 15.3.